The molecule has 1 saturated carbocycles. The predicted octanol–water partition coefficient (Wildman–Crippen LogP) is 1.88. The summed E-state index contributed by atoms with van der Waals surface area (Å²) in [6.45, 7) is 7.37. The molecule has 3 heteroatoms. The van der Waals surface area contributed by atoms with Gasteiger partial charge >= 0.3 is 0 Å². The number of ether oxygens (including phenoxy) is 1. The Balaban J connectivity index is 2.17. The zero-order chi connectivity index (χ0) is 12.0. The fourth-order valence-corrected chi connectivity index (χ4v) is 2.07. The van der Waals surface area contributed by atoms with E-state index in [1.807, 2.05) is 0 Å². The third kappa shape index (κ3) is 4.81. The lowest BCUT2D eigenvalue weighted by atomic mass is 9.77. The fraction of sp³-hybridized carbons (Fsp3) is 1.00. The van der Waals surface area contributed by atoms with Gasteiger partial charge in [-0.25, -0.2) is 0 Å². The summed E-state index contributed by atoms with van der Waals surface area (Å²) in [6.07, 6.45) is 5.00. The molecule has 0 unspecified atom stereocenters. The minimum atomic E-state index is 0.206. The first-order valence-corrected chi connectivity index (χ1v) is 6.56. The lowest BCUT2D eigenvalue weighted by Crippen LogP contribution is -2.44. The van der Waals surface area contributed by atoms with E-state index in [1.54, 1.807) is 0 Å². The van der Waals surface area contributed by atoms with E-state index in [0.29, 0.717) is 6.04 Å². The van der Waals surface area contributed by atoms with Crippen molar-refractivity contribution in [2.45, 2.75) is 51.2 Å². The lowest BCUT2D eigenvalue weighted by Gasteiger charge is -2.42. The molecule has 0 bridgehead atoms. The Morgan fingerprint density at radius 2 is 2.00 bits per heavy atom. The summed E-state index contributed by atoms with van der Waals surface area (Å²) in [6, 6.07) is 0.582. The maximum atomic E-state index is 6.08. The molecule has 1 aliphatic rings. The van der Waals surface area contributed by atoms with Crippen molar-refractivity contribution in [2.24, 2.45) is 0 Å². The maximum Gasteiger partial charge on any atom is 0.0695 e. The number of nitrogens with zero attached hydrogens (tertiary/aromatic N) is 1. The molecule has 0 amide bonds. The second kappa shape index (κ2) is 6.58. The van der Waals surface area contributed by atoms with Gasteiger partial charge in [0.15, 0.2) is 0 Å². The summed E-state index contributed by atoms with van der Waals surface area (Å²) < 4.78 is 6.08. The molecule has 0 aromatic rings. The van der Waals surface area contributed by atoms with E-state index >= 15 is 0 Å². The number of nitrogens with one attached hydrogen (secondary N) is 1. The number of rotatable bonds is 8. The summed E-state index contributed by atoms with van der Waals surface area (Å²) in [7, 11) is 4.19. The van der Waals surface area contributed by atoms with Crippen molar-refractivity contribution in [3.63, 3.8) is 0 Å². The van der Waals surface area contributed by atoms with Crippen LogP contribution < -0.4 is 5.32 Å². The van der Waals surface area contributed by atoms with E-state index in [4.69, 9.17) is 4.74 Å². The molecule has 1 rings (SSSR count). The molecular formula is C13H28N2O. The quantitative estimate of drug-likeness (QED) is 0.686. The number of likely N-dealkylation sites (N-methyl/N-ethyl adjacent to an activating group) is 1. The van der Waals surface area contributed by atoms with Crippen LogP contribution in [0.4, 0.5) is 0 Å². The van der Waals surface area contributed by atoms with Gasteiger partial charge in [0.1, 0.15) is 0 Å². The van der Waals surface area contributed by atoms with Crippen LogP contribution in [0.5, 0.6) is 0 Å². The minimum absolute atomic E-state index is 0.206. The average Bonchev–Trinajstić information content (AvgIpc) is 2.11. The Hall–Kier alpha value is -0.120. The lowest BCUT2D eigenvalue weighted by molar-refractivity contribution is -0.107. The molecule has 1 fully saturated rings. The first kappa shape index (κ1) is 13.9. The summed E-state index contributed by atoms with van der Waals surface area (Å²) in [5, 5.41) is 3.48. The van der Waals surface area contributed by atoms with Crippen LogP contribution in [0.1, 0.15) is 39.5 Å². The highest BCUT2D eigenvalue weighted by molar-refractivity contribution is 4.90. The second-order valence-electron chi connectivity index (χ2n) is 5.55. The van der Waals surface area contributed by atoms with Crippen LogP contribution in [-0.2, 0) is 4.74 Å². The van der Waals surface area contributed by atoms with E-state index < -0.39 is 0 Å². The zero-order valence-corrected chi connectivity index (χ0v) is 11.4. The Morgan fingerprint density at radius 3 is 2.44 bits per heavy atom. The van der Waals surface area contributed by atoms with E-state index in [0.717, 1.165) is 19.7 Å². The molecule has 0 saturated heterocycles. The van der Waals surface area contributed by atoms with Gasteiger partial charge in [-0.15, -0.1) is 0 Å². The van der Waals surface area contributed by atoms with Gasteiger partial charge in [-0.05, 0) is 46.3 Å². The van der Waals surface area contributed by atoms with Gasteiger partial charge in [0, 0.05) is 12.6 Å². The zero-order valence-electron chi connectivity index (χ0n) is 11.4. The van der Waals surface area contributed by atoms with E-state index in [-0.39, 0.29) is 5.60 Å². The van der Waals surface area contributed by atoms with Crippen molar-refractivity contribution < 1.29 is 4.74 Å². The average molecular weight is 228 g/mol. The second-order valence-corrected chi connectivity index (χ2v) is 5.55. The summed E-state index contributed by atoms with van der Waals surface area (Å²) in [5.41, 5.74) is 0.206. The van der Waals surface area contributed by atoms with Gasteiger partial charge < -0.3 is 15.0 Å². The molecular weight excluding hydrogens is 200 g/mol. The molecule has 96 valence electrons. The van der Waals surface area contributed by atoms with Gasteiger partial charge in [-0.2, -0.15) is 0 Å². The monoisotopic (exact) mass is 228 g/mol. The molecule has 0 radical (unpaired) electrons. The molecule has 0 aromatic carbocycles. The van der Waals surface area contributed by atoms with E-state index in [9.17, 15) is 0 Å². The van der Waals surface area contributed by atoms with Gasteiger partial charge in [-0.3, -0.25) is 0 Å². The third-order valence-corrected chi connectivity index (χ3v) is 3.34. The van der Waals surface area contributed by atoms with Crippen molar-refractivity contribution in [3.05, 3.63) is 0 Å². The van der Waals surface area contributed by atoms with E-state index in [2.05, 4.69) is 38.2 Å². The predicted molar refractivity (Wildman–Crippen MR) is 68.8 cm³/mol. The van der Waals surface area contributed by atoms with Crippen LogP contribution >= 0.6 is 0 Å². The van der Waals surface area contributed by atoms with Crippen LogP contribution in [-0.4, -0.2) is 50.3 Å². The standard InChI is InChI=1S/C13H28N2O/c1-12(2)14-9-8-13(6-5-7-13)16-11-10-15(3)4/h12,14H,5-11H2,1-4H3. The van der Waals surface area contributed by atoms with Crippen molar-refractivity contribution in [3.8, 4) is 0 Å². The van der Waals surface area contributed by atoms with Crippen LogP contribution in [0.3, 0.4) is 0 Å². The summed E-state index contributed by atoms with van der Waals surface area (Å²) >= 11 is 0. The number of hydrogen-bond donors (Lipinski definition) is 1. The Bertz CT molecular complexity index is 172. The molecule has 3 nitrogen and oxygen atoms in total. The highest BCUT2D eigenvalue weighted by Gasteiger charge is 2.37. The SMILES string of the molecule is CC(C)NCCC1(OCCN(C)C)CCC1. The smallest absolute Gasteiger partial charge is 0.0695 e. The highest BCUT2D eigenvalue weighted by Crippen LogP contribution is 2.38. The van der Waals surface area contributed by atoms with Crippen LogP contribution in [0, 0.1) is 0 Å². The van der Waals surface area contributed by atoms with Crippen LogP contribution in [0.2, 0.25) is 0 Å². The molecule has 0 heterocycles. The maximum absolute atomic E-state index is 6.08. The first-order chi connectivity index (χ1) is 7.54. The van der Waals surface area contributed by atoms with E-state index in [1.165, 1.54) is 25.7 Å². The largest absolute Gasteiger partial charge is 0.374 e. The van der Waals surface area contributed by atoms with Gasteiger partial charge in [0.2, 0.25) is 0 Å². The summed E-state index contributed by atoms with van der Waals surface area (Å²) in [4.78, 5) is 2.18. The van der Waals surface area contributed by atoms with Crippen molar-refractivity contribution in [1.29, 1.82) is 0 Å². The number of hydrogen-bond acceptors (Lipinski definition) is 3. The Labute approximate surface area is 101 Å². The molecule has 0 spiro atoms. The van der Waals surface area contributed by atoms with Crippen LogP contribution in [0.15, 0.2) is 0 Å². The summed E-state index contributed by atoms with van der Waals surface area (Å²) in [5.74, 6) is 0. The normalized spacial score (nSPS) is 19.1. The Kier molecular flexibility index (Phi) is 5.73. The van der Waals surface area contributed by atoms with Gasteiger partial charge in [-0.1, -0.05) is 13.8 Å². The molecule has 1 aliphatic carbocycles. The Morgan fingerprint density at radius 1 is 1.31 bits per heavy atom. The van der Waals surface area contributed by atoms with Crippen molar-refractivity contribution in [2.75, 3.05) is 33.8 Å². The van der Waals surface area contributed by atoms with Gasteiger partial charge in [0.05, 0.1) is 12.2 Å². The third-order valence-electron chi connectivity index (χ3n) is 3.34. The molecule has 0 atom stereocenters. The minimum Gasteiger partial charge on any atom is -0.374 e. The van der Waals surface area contributed by atoms with Crippen molar-refractivity contribution in [1.82, 2.24) is 10.2 Å². The highest BCUT2D eigenvalue weighted by atomic mass is 16.5. The first-order valence-electron chi connectivity index (χ1n) is 6.56. The molecule has 1 N–H and O–H groups in total. The molecule has 0 aliphatic heterocycles. The van der Waals surface area contributed by atoms with Gasteiger partial charge in [0.25, 0.3) is 0 Å². The topological polar surface area (TPSA) is 24.5 Å². The van der Waals surface area contributed by atoms with Crippen molar-refractivity contribution >= 4 is 0 Å². The molecule has 16 heavy (non-hydrogen) atoms. The van der Waals surface area contributed by atoms with Crippen LogP contribution in [0.25, 0.3) is 0 Å². The fourth-order valence-electron chi connectivity index (χ4n) is 2.07. The molecule has 0 aromatic heterocycles.